The van der Waals surface area contributed by atoms with Crippen LogP contribution in [0.15, 0.2) is 47.6 Å². The van der Waals surface area contributed by atoms with Crippen LogP contribution in [0.25, 0.3) is 22.3 Å². The Kier molecular flexibility index (Phi) is 3.50. The van der Waals surface area contributed by atoms with Gasteiger partial charge in [0.1, 0.15) is 12.1 Å². The van der Waals surface area contributed by atoms with E-state index in [1.807, 2.05) is 23.7 Å². The first-order valence-corrected chi connectivity index (χ1v) is 7.57. The summed E-state index contributed by atoms with van der Waals surface area (Å²) in [6, 6.07) is 5.57. The van der Waals surface area contributed by atoms with E-state index in [0.29, 0.717) is 11.7 Å². The molecule has 0 unspecified atom stereocenters. The highest BCUT2D eigenvalue weighted by molar-refractivity contribution is 6.02. The lowest BCUT2D eigenvalue weighted by molar-refractivity contribution is 0.102. The molecule has 4 aromatic rings. The third kappa shape index (κ3) is 2.85. The van der Waals surface area contributed by atoms with Gasteiger partial charge >= 0.3 is 0 Å². The Morgan fingerprint density at radius 1 is 1.24 bits per heavy atom. The number of hydrogen-bond donors (Lipinski definition) is 1. The molecule has 0 bridgehead atoms. The van der Waals surface area contributed by atoms with Crippen LogP contribution in [0.2, 0.25) is 0 Å². The minimum absolute atomic E-state index is 0.205. The molecule has 0 atom stereocenters. The summed E-state index contributed by atoms with van der Waals surface area (Å²) in [5.41, 5.74) is 2.63. The highest BCUT2D eigenvalue weighted by atomic mass is 16.3. The molecule has 8 nitrogen and oxygen atoms in total. The molecule has 0 saturated heterocycles. The molecule has 124 valence electrons. The van der Waals surface area contributed by atoms with Crippen LogP contribution in [0, 0.1) is 6.92 Å². The van der Waals surface area contributed by atoms with Gasteiger partial charge in [-0.05, 0) is 12.1 Å². The number of carbonyl (C=O) groups excluding carboxylic acids is 1. The third-order valence-corrected chi connectivity index (χ3v) is 3.75. The fraction of sp³-hybridized carbons (Fsp3) is 0.118. The van der Waals surface area contributed by atoms with E-state index in [0.717, 1.165) is 22.3 Å². The summed E-state index contributed by atoms with van der Waals surface area (Å²) in [5, 5.41) is 3.58. The molecule has 4 rings (SSSR count). The van der Waals surface area contributed by atoms with Gasteiger partial charge in [-0.3, -0.25) is 4.79 Å². The van der Waals surface area contributed by atoms with Crippen molar-refractivity contribution >= 4 is 22.6 Å². The van der Waals surface area contributed by atoms with Gasteiger partial charge in [0, 0.05) is 31.6 Å². The number of pyridine rings is 2. The number of oxazole rings is 1. The van der Waals surface area contributed by atoms with Gasteiger partial charge in [-0.15, -0.1) is 0 Å². The Balaban J connectivity index is 1.67. The zero-order chi connectivity index (χ0) is 17.4. The van der Waals surface area contributed by atoms with Gasteiger partial charge in [-0.1, -0.05) is 0 Å². The van der Waals surface area contributed by atoms with E-state index in [9.17, 15) is 4.79 Å². The minimum atomic E-state index is -0.383. The Morgan fingerprint density at radius 3 is 2.84 bits per heavy atom. The molecule has 0 aliphatic carbocycles. The molecular weight excluding hydrogens is 320 g/mol. The lowest BCUT2D eigenvalue weighted by Gasteiger charge is -2.06. The number of rotatable bonds is 3. The van der Waals surface area contributed by atoms with E-state index in [4.69, 9.17) is 4.42 Å². The lowest BCUT2D eigenvalue weighted by Crippen LogP contribution is -2.13. The van der Waals surface area contributed by atoms with Crippen molar-refractivity contribution in [2.45, 2.75) is 6.92 Å². The predicted octanol–water partition coefficient (Wildman–Crippen LogP) is 2.58. The average molecular weight is 334 g/mol. The second kappa shape index (κ2) is 5.82. The van der Waals surface area contributed by atoms with E-state index in [1.165, 1.54) is 6.26 Å². The maximum absolute atomic E-state index is 12.2. The van der Waals surface area contributed by atoms with Crippen LogP contribution in [0.1, 0.15) is 16.4 Å². The number of hydrogen-bond acceptors (Lipinski definition) is 6. The highest BCUT2D eigenvalue weighted by Gasteiger charge is 2.12. The number of carbonyl (C=O) groups is 1. The third-order valence-electron chi connectivity index (χ3n) is 3.75. The number of imidazole rings is 1. The van der Waals surface area contributed by atoms with Crippen LogP contribution >= 0.6 is 0 Å². The van der Waals surface area contributed by atoms with Crippen molar-refractivity contribution in [1.82, 2.24) is 24.5 Å². The molecule has 4 aromatic heterocycles. The van der Waals surface area contributed by atoms with Crippen LogP contribution in [0.5, 0.6) is 0 Å². The SMILES string of the molecule is Cc1nc(C(=O)Nc2cc3nc(-c4cncn4C)ccc3cn2)co1. The molecule has 0 radical (unpaired) electrons. The summed E-state index contributed by atoms with van der Waals surface area (Å²) in [6.45, 7) is 1.68. The van der Waals surface area contributed by atoms with Crippen LogP contribution in [0.4, 0.5) is 5.82 Å². The standard InChI is InChI=1S/C17H14N6O2/c1-10-20-14(8-25-10)17(24)22-16-5-13-11(6-19-16)3-4-12(21-13)15-7-18-9-23(15)2/h3-9H,1-2H3,(H,19,22,24). The molecule has 0 fully saturated rings. The zero-order valence-corrected chi connectivity index (χ0v) is 13.6. The maximum atomic E-state index is 12.2. The minimum Gasteiger partial charge on any atom is -0.448 e. The molecule has 0 aliphatic rings. The number of fused-ring (bicyclic) bond motifs is 1. The first-order chi connectivity index (χ1) is 12.1. The molecule has 1 N–H and O–H groups in total. The van der Waals surface area contributed by atoms with Crippen molar-refractivity contribution in [1.29, 1.82) is 0 Å². The monoisotopic (exact) mass is 334 g/mol. The van der Waals surface area contributed by atoms with Gasteiger partial charge in [0.05, 0.1) is 29.4 Å². The van der Waals surface area contributed by atoms with Gasteiger partial charge in [0.15, 0.2) is 11.6 Å². The largest absolute Gasteiger partial charge is 0.448 e. The van der Waals surface area contributed by atoms with Crippen molar-refractivity contribution in [3.8, 4) is 11.4 Å². The second-order valence-electron chi connectivity index (χ2n) is 5.55. The summed E-state index contributed by atoms with van der Waals surface area (Å²) < 4.78 is 6.94. The Labute approximate surface area is 142 Å². The number of amides is 1. The number of aromatic nitrogens is 5. The van der Waals surface area contributed by atoms with Crippen molar-refractivity contribution in [2.24, 2.45) is 7.05 Å². The Hall–Kier alpha value is -3.55. The molecule has 0 aromatic carbocycles. The van der Waals surface area contributed by atoms with Crippen LogP contribution < -0.4 is 5.32 Å². The molecule has 8 heteroatoms. The van der Waals surface area contributed by atoms with Crippen molar-refractivity contribution in [2.75, 3.05) is 5.32 Å². The van der Waals surface area contributed by atoms with E-state index in [-0.39, 0.29) is 11.6 Å². The molecule has 25 heavy (non-hydrogen) atoms. The van der Waals surface area contributed by atoms with Crippen LogP contribution in [0.3, 0.4) is 0 Å². The molecule has 0 spiro atoms. The fourth-order valence-electron chi connectivity index (χ4n) is 2.48. The van der Waals surface area contributed by atoms with Crippen molar-refractivity contribution in [3.63, 3.8) is 0 Å². The first-order valence-electron chi connectivity index (χ1n) is 7.57. The predicted molar refractivity (Wildman–Crippen MR) is 90.9 cm³/mol. The number of nitrogens with one attached hydrogen (secondary N) is 1. The summed E-state index contributed by atoms with van der Waals surface area (Å²) in [7, 11) is 1.91. The molecule has 0 aliphatic heterocycles. The molecule has 4 heterocycles. The number of aryl methyl sites for hydroxylation is 2. The maximum Gasteiger partial charge on any atom is 0.278 e. The van der Waals surface area contributed by atoms with Crippen molar-refractivity contribution < 1.29 is 9.21 Å². The second-order valence-corrected chi connectivity index (χ2v) is 5.55. The summed E-state index contributed by atoms with van der Waals surface area (Å²) >= 11 is 0. The lowest BCUT2D eigenvalue weighted by atomic mass is 10.2. The fourth-order valence-corrected chi connectivity index (χ4v) is 2.48. The highest BCUT2D eigenvalue weighted by Crippen LogP contribution is 2.21. The van der Waals surface area contributed by atoms with Gasteiger partial charge in [-0.2, -0.15) is 0 Å². The normalized spacial score (nSPS) is 11.0. The van der Waals surface area contributed by atoms with Crippen molar-refractivity contribution in [3.05, 3.63) is 54.8 Å². The van der Waals surface area contributed by atoms with Gasteiger partial charge in [0.2, 0.25) is 0 Å². The Bertz CT molecular complexity index is 1080. The van der Waals surface area contributed by atoms with Gasteiger partial charge in [-0.25, -0.2) is 19.9 Å². The topological polar surface area (TPSA) is 98.7 Å². The molecule has 1 amide bonds. The summed E-state index contributed by atoms with van der Waals surface area (Å²) in [4.78, 5) is 29.1. The van der Waals surface area contributed by atoms with E-state index in [1.54, 1.807) is 31.7 Å². The van der Waals surface area contributed by atoms with E-state index >= 15 is 0 Å². The summed E-state index contributed by atoms with van der Waals surface area (Å²) in [6.07, 6.45) is 6.45. The first kappa shape index (κ1) is 15.0. The number of nitrogens with zero attached hydrogens (tertiary/aromatic N) is 5. The van der Waals surface area contributed by atoms with Gasteiger partial charge < -0.3 is 14.3 Å². The van der Waals surface area contributed by atoms with Gasteiger partial charge in [0.25, 0.3) is 5.91 Å². The Morgan fingerprint density at radius 2 is 2.12 bits per heavy atom. The smallest absolute Gasteiger partial charge is 0.278 e. The zero-order valence-electron chi connectivity index (χ0n) is 13.6. The molecule has 0 saturated carbocycles. The van der Waals surface area contributed by atoms with Crippen LogP contribution in [-0.2, 0) is 7.05 Å². The molecular formula is C17H14N6O2. The van der Waals surface area contributed by atoms with E-state index in [2.05, 4.69) is 25.3 Å². The average Bonchev–Trinajstić information content (AvgIpc) is 3.22. The number of anilines is 1. The van der Waals surface area contributed by atoms with Crippen LogP contribution in [-0.4, -0.2) is 30.4 Å². The van der Waals surface area contributed by atoms with E-state index < -0.39 is 0 Å². The summed E-state index contributed by atoms with van der Waals surface area (Å²) in [5.74, 6) is 0.443. The quantitative estimate of drug-likeness (QED) is 0.618.